The molecule has 1 fully saturated rings. The minimum absolute atomic E-state index is 0.0382. The van der Waals surface area contributed by atoms with E-state index in [0.717, 1.165) is 31.6 Å². The van der Waals surface area contributed by atoms with E-state index >= 15 is 0 Å². The maximum Gasteiger partial charge on any atom is 0.246 e. The maximum absolute atomic E-state index is 12.1. The first-order valence-corrected chi connectivity index (χ1v) is 7.48. The van der Waals surface area contributed by atoms with Crippen LogP contribution in [0.1, 0.15) is 18.6 Å². The van der Waals surface area contributed by atoms with E-state index in [4.69, 9.17) is 4.42 Å². The van der Waals surface area contributed by atoms with Crippen LogP contribution >= 0.6 is 0 Å². The average Bonchev–Trinajstić information content (AvgIpc) is 3.08. The third-order valence-corrected chi connectivity index (χ3v) is 3.77. The van der Waals surface area contributed by atoms with Crippen molar-refractivity contribution < 1.29 is 9.21 Å². The number of hydrogen-bond donors (Lipinski definition) is 1. The number of amides is 1. The summed E-state index contributed by atoms with van der Waals surface area (Å²) in [6, 6.07) is 7.95. The lowest BCUT2D eigenvalue weighted by Crippen LogP contribution is -2.41. The summed E-state index contributed by atoms with van der Waals surface area (Å²) in [7, 11) is 0. The summed E-state index contributed by atoms with van der Waals surface area (Å²) in [5, 5.41) is 3.46. The summed E-state index contributed by atoms with van der Waals surface area (Å²) in [5.41, 5.74) is 1.03. The maximum atomic E-state index is 12.1. The molecule has 0 atom stereocenters. The van der Waals surface area contributed by atoms with Gasteiger partial charge in [0.05, 0.1) is 12.0 Å². The lowest BCUT2D eigenvalue weighted by atomic mass is 10.0. The summed E-state index contributed by atoms with van der Waals surface area (Å²) in [4.78, 5) is 18.1. The Hall–Kier alpha value is -2.56. The van der Waals surface area contributed by atoms with E-state index in [0.29, 0.717) is 11.8 Å². The van der Waals surface area contributed by atoms with Gasteiger partial charge in [-0.15, -0.1) is 0 Å². The van der Waals surface area contributed by atoms with E-state index in [2.05, 4.69) is 10.3 Å². The van der Waals surface area contributed by atoms with Gasteiger partial charge in [0.1, 0.15) is 5.76 Å². The molecule has 1 N–H and O–H groups in total. The van der Waals surface area contributed by atoms with Crippen molar-refractivity contribution in [3.63, 3.8) is 0 Å². The summed E-state index contributed by atoms with van der Waals surface area (Å²) < 4.78 is 5.18. The van der Waals surface area contributed by atoms with Crippen molar-refractivity contribution >= 4 is 17.7 Å². The number of hydrogen-bond acceptors (Lipinski definition) is 4. The predicted octanol–water partition coefficient (Wildman–Crippen LogP) is 2.79. The predicted molar refractivity (Wildman–Crippen MR) is 85.2 cm³/mol. The van der Waals surface area contributed by atoms with Crippen LogP contribution in [0.3, 0.4) is 0 Å². The second-order valence-electron chi connectivity index (χ2n) is 5.33. The molecule has 0 aliphatic carbocycles. The van der Waals surface area contributed by atoms with Gasteiger partial charge in [0, 0.05) is 37.6 Å². The Bertz CT molecular complexity index is 615. The zero-order valence-electron chi connectivity index (χ0n) is 12.3. The topological polar surface area (TPSA) is 58.4 Å². The first-order valence-electron chi connectivity index (χ1n) is 7.48. The number of nitrogens with zero attached hydrogens (tertiary/aromatic N) is 2. The van der Waals surface area contributed by atoms with E-state index in [-0.39, 0.29) is 5.91 Å². The highest BCUT2D eigenvalue weighted by molar-refractivity contribution is 5.91. The lowest BCUT2D eigenvalue weighted by molar-refractivity contribution is -0.126. The standard InChI is InChI=1S/C17H19N3O2/c21-17(6-5-16-4-2-12-22-16)20-10-7-14(8-11-20)19-15-3-1-9-18-13-15/h1-6,9,12-14,19H,7-8,10-11H2/b6-5+. The fraction of sp³-hybridized carbons (Fsp3) is 0.294. The molecule has 114 valence electrons. The molecule has 0 unspecified atom stereocenters. The lowest BCUT2D eigenvalue weighted by Gasteiger charge is -2.32. The Balaban J connectivity index is 1.48. The summed E-state index contributed by atoms with van der Waals surface area (Å²) in [6.45, 7) is 1.53. The van der Waals surface area contributed by atoms with Gasteiger partial charge in [-0.1, -0.05) is 0 Å². The number of furan rings is 1. The van der Waals surface area contributed by atoms with Gasteiger partial charge < -0.3 is 14.6 Å². The van der Waals surface area contributed by atoms with Crippen LogP contribution < -0.4 is 5.32 Å². The molecule has 1 amide bonds. The molecule has 1 saturated heterocycles. The third-order valence-electron chi connectivity index (χ3n) is 3.77. The Morgan fingerprint density at radius 1 is 1.32 bits per heavy atom. The van der Waals surface area contributed by atoms with E-state index in [9.17, 15) is 4.79 Å². The number of aromatic nitrogens is 1. The minimum atomic E-state index is 0.0382. The molecule has 0 bridgehead atoms. The van der Waals surface area contributed by atoms with Crippen LogP contribution in [0.5, 0.6) is 0 Å². The fourth-order valence-electron chi connectivity index (χ4n) is 2.57. The van der Waals surface area contributed by atoms with Crippen molar-refractivity contribution in [2.45, 2.75) is 18.9 Å². The van der Waals surface area contributed by atoms with E-state index in [1.165, 1.54) is 0 Å². The minimum Gasteiger partial charge on any atom is -0.465 e. The third kappa shape index (κ3) is 3.75. The highest BCUT2D eigenvalue weighted by Gasteiger charge is 2.21. The number of carbonyl (C=O) groups is 1. The Kier molecular flexibility index (Phi) is 4.53. The molecule has 3 heterocycles. The smallest absolute Gasteiger partial charge is 0.246 e. The van der Waals surface area contributed by atoms with Gasteiger partial charge in [-0.25, -0.2) is 0 Å². The van der Waals surface area contributed by atoms with Crippen molar-refractivity contribution in [3.8, 4) is 0 Å². The Morgan fingerprint density at radius 2 is 2.18 bits per heavy atom. The number of pyridine rings is 1. The van der Waals surface area contributed by atoms with Crippen molar-refractivity contribution in [1.29, 1.82) is 0 Å². The molecule has 0 saturated carbocycles. The monoisotopic (exact) mass is 297 g/mol. The Morgan fingerprint density at radius 3 is 2.86 bits per heavy atom. The highest BCUT2D eigenvalue weighted by Crippen LogP contribution is 2.16. The van der Waals surface area contributed by atoms with Gasteiger partial charge in [-0.3, -0.25) is 9.78 Å². The van der Waals surface area contributed by atoms with E-state index in [1.807, 2.05) is 29.3 Å². The molecule has 5 nitrogen and oxygen atoms in total. The van der Waals surface area contributed by atoms with Gasteiger partial charge in [-0.2, -0.15) is 0 Å². The van der Waals surface area contributed by atoms with Gasteiger partial charge in [0.25, 0.3) is 0 Å². The molecule has 2 aromatic rings. The zero-order valence-corrected chi connectivity index (χ0v) is 12.3. The van der Waals surface area contributed by atoms with Crippen molar-refractivity contribution in [1.82, 2.24) is 9.88 Å². The first kappa shape index (κ1) is 14.4. The average molecular weight is 297 g/mol. The van der Waals surface area contributed by atoms with Gasteiger partial charge in [0.15, 0.2) is 0 Å². The molecule has 5 heteroatoms. The number of carbonyl (C=O) groups excluding carboxylic acids is 1. The first-order chi connectivity index (χ1) is 10.8. The largest absolute Gasteiger partial charge is 0.465 e. The summed E-state index contributed by atoms with van der Waals surface area (Å²) in [5.74, 6) is 0.734. The molecule has 0 radical (unpaired) electrons. The molecule has 3 rings (SSSR count). The quantitative estimate of drug-likeness (QED) is 0.882. The molecule has 1 aliphatic rings. The van der Waals surface area contributed by atoms with Crippen molar-refractivity contribution in [3.05, 3.63) is 54.8 Å². The number of piperidine rings is 1. The van der Waals surface area contributed by atoms with E-state index < -0.39 is 0 Å². The highest BCUT2D eigenvalue weighted by atomic mass is 16.3. The number of nitrogens with one attached hydrogen (secondary N) is 1. The van der Waals surface area contributed by atoms with Gasteiger partial charge in [-0.05, 0) is 43.2 Å². The van der Waals surface area contributed by atoms with Crippen LogP contribution in [-0.4, -0.2) is 34.9 Å². The molecule has 2 aromatic heterocycles. The molecular weight excluding hydrogens is 278 g/mol. The van der Waals surface area contributed by atoms with Crippen LogP contribution in [0, 0.1) is 0 Å². The molecular formula is C17H19N3O2. The molecule has 1 aliphatic heterocycles. The van der Waals surface area contributed by atoms with Crippen LogP contribution in [0.2, 0.25) is 0 Å². The zero-order chi connectivity index (χ0) is 15.2. The molecule has 0 spiro atoms. The number of likely N-dealkylation sites (tertiary alicyclic amines) is 1. The molecule has 22 heavy (non-hydrogen) atoms. The van der Waals surface area contributed by atoms with E-state index in [1.54, 1.807) is 30.7 Å². The van der Waals surface area contributed by atoms with Crippen LogP contribution in [0.25, 0.3) is 6.08 Å². The van der Waals surface area contributed by atoms with Gasteiger partial charge >= 0.3 is 0 Å². The molecule has 0 aromatic carbocycles. The summed E-state index contributed by atoms with van der Waals surface area (Å²) in [6.07, 6.45) is 10.3. The van der Waals surface area contributed by atoms with Gasteiger partial charge in [0.2, 0.25) is 5.91 Å². The SMILES string of the molecule is O=C(/C=C/c1ccco1)N1CCC(Nc2cccnc2)CC1. The Labute approximate surface area is 129 Å². The van der Waals surface area contributed by atoms with Crippen LogP contribution in [-0.2, 0) is 4.79 Å². The number of anilines is 1. The van der Waals surface area contributed by atoms with Crippen LogP contribution in [0.4, 0.5) is 5.69 Å². The van der Waals surface area contributed by atoms with Crippen molar-refractivity contribution in [2.75, 3.05) is 18.4 Å². The summed E-state index contributed by atoms with van der Waals surface area (Å²) >= 11 is 0. The fourth-order valence-corrected chi connectivity index (χ4v) is 2.57. The van der Waals surface area contributed by atoms with Crippen molar-refractivity contribution in [2.24, 2.45) is 0 Å². The second kappa shape index (κ2) is 6.93. The second-order valence-corrected chi connectivity index (χ2v) is 5.33. The normalized spacial score (nSPS) is 16.1. The number of rotatable bonds is 4. The van der Waals surface area contributed by atoms with Crippen LogP contribution in [0.15, 0.2) is 53.4 Å².